The highest BCUT2D eigenvalue weighted by molar-refractivity contribution is 5.91. The number of carboxylic acid groups (broad SMARTS) is 1. The second kappa shape index (κ2) is 7.11. The number of amides is 1. The third-order valence-electron chi connectivity index (χ3n) is 4.68. The minimum Gasteiger partial charge on any atom is -0.478 e. The van der Waals surface area contributed by atoms with Crippen molar-refractivity contribution in [2.45, 2.75) is 5.92 Å². The predicted molar refractivity (Wildman–Crippen MR) is 99.8 cm³/mol. The van der Waals surface area contributed by atoms with Crippen LogP contribution in [0.15, 0.2) is 60.8 Å². The summed E-state index contributed by atoms with van der Waals surface area (Å²) in [4.78, 5) is 26.8. The number of carbonyl (C=O) groups excluding carboxylic acids is 1. The summed E-state index contributed by atoms with van der Waals surface area (Å²) >= 11 is 0. The van der Waals surface area contributed by atoms with E-state index in [2.05, 4.69) is 10.3 Å². The largest absolute Gasteiger partial charge is 0.478 e. The average Bonchev–Trinajstić information content (AvgIpc) is 3.02. The normalized spacial score (nSPS) is 12.2. The Balaban J connectivity index is 1.50. The molecule has 0 saturated heterocycles. The van der Waals surface area contributed by atoms with Gasteiger partial charge in [0.15, 0.2) is 11.6 Å². The van der Waals surface area contributed by atoms with Gasteiger partial charge in [0.2, 0.25) is 0 Å². The van der Waals surface area contributed by atoms with Crippen LogP contribution < -0.4 is 5.32 Å². The number of rotatable bonds is 4. The number of carboxylic acids is 1. The third kappa shape index (κ3) is 3.07. The lowest BCUT2D eigenvalue weighted by molar-refractivity contribution is 0.0691. The van der Waals surface area contributed by atoms with Gasteiger partial charge in [0.1, 0.15) is 12.2 Å². The molecule has 2 N–H and O–H groups in total. The molecule has 2 aromatic carbocycles. The fourth-order valence-electron chi connectivity index (χ4n) is 3.43. The van der Waals surface area contributed by atoms with Gasteiger partial charge in [0.05, 0.1) is 0 Å². The number of nitrogens with zero attached hydrogens (tertiary/aromatic N) is 1. The van der Waals surface area contributed by atoms with E-state index in [0.29, 0.717) is 0 Å². The number of ether oxygens (including phenoxy) is 1. The minimum absolute atomic E-state index is 0.0557. The molecule has 0 fully saturated rings. The lowest BCUT2D eigenvalue weighted by atomic mass is 9.98. The molecular formula is C21H15FN2O4. The molecule has 3 aromatic rings. The Morgan fingerprint density at radius 2 is 1.64 bits per heavy atom. The summed E-state index contributed by atoms with van der Waals surface area (Å²) in [5, 5.41) is 11.1. The van der Waals surface area contributed by atoms with Crippen LogP contribution in [0, 0.1) is 5.82 Å². The van der Waals surface area contributed by atoms with Gasteiger partial charge in [0.25, 0.3) is 0 Å². The van der Waals surface area contributed by atoms with E-state index in [9.17, 15) is 14.0 Å². The number of carbonyl (C=O) groups is 2. The molecule has 1 amide bonds. The number of anilines is 1. The number of nitrogens with one attached hydrogen (secondary N) is 1. The number of aromatic nitrogens is 1. The zero-order valence-electron chi connectivity index (χ0n) is 14.6. The van der Waals surface area contributed by atoms with Crippen LogP contribution in [0.2, 0.25) is 0 Å². The zero-order chi connectivity index (χ0) is 19.7. The molecule has 1 heterocycles. The maximum absolute atomic E-state index is 14.1. The number of halogens is 1. The molecule has 140 valence electrons. The maximum atomic E-state index is 14.1. The molecule has 0 radical (unpaired) electrons. The highest BCUT2D eigenvalue weighted by atomic mass is 19.1. The van der Waals surface area contributed by atoms with E-state index >= 15 is 0 Å². The minimum atomic E-state index is -1.45. The highest BCUT2D eigenvalue weighted by Gasteiger charge is 2.29. The number of hydrogen-bond acceptors (Lipinski definition) is 4. The lowest BCUT2D eigenvalue weighted by Crippen LogP contribution is -2.20. The Bertz CT molecular complexity index is 1040. The Morgan fingerprint density at radius 3 is 2.25 bits per heavy atom. The highest BCUT2D eigenvalue weighted by Crippen LogP contribution is 2.44. The maximum Gasteiger partial charge on any atom is 0.412 e. The van der Waals surface area contributed by atoms with E-state index in [0.717, 1.165) is 34.5 Å². The quantitative estimate of drug-likeness (QED) is 0.707. The van der Waals surface area contributed by atoms with Crippen molar-refractivity contribution >= 4 is 17.9 Å². The Labute approximate surface area is 159 Å². The van der Waals surface area contributed by atoms with Gasteiger partial charge >= 0.3 is 12.1 Å². The van der Waals surface area contributed by atoms with Crippen molar-refractivity contribution in [1.29, 1.82) is 0 Å². The fourth-order valence-corrected chi connectivity index (χ4v) is 3.43. The molecule has 7 heteroatoms. The van der Waals surface area contributed by atoms with Crippen LogP contribution >= 0.6 is 0 Å². The van der Waals surface area contributed by atoms with Crippen LogP contribution in [0.5, 0.6) is 0 Å². The van der Waals surface area contributed by atoms with Crippen molar-refractivity contribution in [1.82, 2.24) is 4.98 Å². The van der Waals surface area contributed by atoms with E-state index in [1.165, 1.54) is 0 Å². The summed E-state index contributed by atoms with van der Waals surface area (Å²) in [7, 11) is 0. The molecule has 0 bridgehead atoms. The van der Waals surface area contributed by atoms with Crippen LogP contribution in [0.1, 0.15) is 27.4 Å². The van der Waals surface area contributed by atoms with E-state index in [-0.39, 0.29) is 12.5 Å². The SMILES string of the molecule is O=C(Nc1nccc(C(=O)O)c1F)OCC1c2ccccc2-c2ccccc21. The lowest BCUT2D eigenvalue weighted by Gasteiger charge is -2.14. The third-order valence-corrected chi connectivity index (χ3v) is 4.68. The van der Waals surface area contributed by atoms with E-state index < -0.39 is 29.3 Å². The van der Waals surface area contributed by atoms with Gasteiger partial charge < -0.3 is 9.84 Å². The van der Waals surface area contributed by atoms with Crippen LogP contribution in [0.4, 0.5) is 15.0 Å². The topological polar surface area (TPSA) is 88.5 Å². The van der Waals surface area contributed by atoms with Gasteiger partial charge in [-0.05, 0) is 28.3 Å². The van der Waals surface area contributed by atoms with Gasteiger partial charge in [-0.25, -0.2) is 19.0 Å². The standard InChI is InChI=1S/C21H15FN2O4/c22-18-16(20(25)26)9-10-23-19(18)24-21(27)28-11-17-14-7-3-1-5-12(14)13-6-2-4-8-15(13)17/h1-10,17H,11H2,(H,25,26)(H,23,24,27). The monoisotopic (exact) mass is 378 g/mol. The second-order valence-corrected chi connectivity index (χ2v) is 6.28. The van der Waals surface area contributed by atoms with Crippen LogP contribution in [-0.2, 0) is 4.74 Å². The molecule has 28 heavy (non-hydrogen) atoms. The summed E-state index contributed by atoms with van der Waals surface area (Å²) in [6.07, 6.45) is 0.196. The molecule has 0 unspecified atom stereocenters. The molecular weight excluding hydrogens is 363 g/mol. The predicted octanol–water partition coefficient (Wildman–Crippen LogP) is 4.28. The van der Waals surface area contributed by atoms with Crippen molar-refractivity contribution in [2.75, 3.05) is 11.9 Å². The molecule has 0 atom stereocenters. The first-order chi connectivity index (χ1) is 13.6. The van der Waals surface area contributed by atoms with Crippen LogP contribution in [0.3, 0.4) is 0 Å². The first-order valence-electron chi connectivity index (χ1n) is 8.56. The summed E-state index contributed by atoms with van der Waals surface area (Å²) in [6.45, 7) is 0.0557. The smallest absolute Gasteiger partial charge is 0.412 e. The zero-order valence-corrected chi connectivity index (χ0v) is 14.6. The van der Waals surface area contributed by atoms with Gasteiger partial charge in [-0.15, -0.1) is 0 Å². The number of benzene rings is 2. The summed E-state index contributed by atoms with van der Waals surface area (Å²) in [5.74, 6) is -3.20. The molecule has 1 aliphatic carbocycles. The molecule has 0 spiro atoms. The Hall–Kier alpha value is -3.74. The Kier molecular flexibility index (Phi) is 4.49. The number of fused-ring (bicyclic) bond motifs is 3. The number of aromatic carboxylic acids is 1. The van der Waals surface area contributed by atoms with Gasteiger partial charge in [0, 0.05) is 12.1 Å². The second-order valence-electron chi connectivity index (χ2n) is 6.28. The van der Waals surface area contributed by atoms with Crippen molar-refractivity contribution in [2.24, 2.45) is 0 Å². The summed E-state index contributed by atoms with van der Waals surface area (Å²) < 4.78 is 19.4. The Morgan fingerprint density at radius 1 is 1.04 bits per heavy atom. The summed E-state index contributed by atoms with van der Waals surface area (Å²) in [6, 6.07) is 16.8. The average molecular weight is 378 g/mol. The van der Waals surface area contributed by atoms with Crippen molar-refractivity contribution in [3.8, 4) is 11.1 Å². The van der Waals surface area contributed by atoms with Crippen LogP contribution in [0.25, 0.3) is 11.1 Å². The van der Waals surface area contributed by atoms with Gasteiger partial charge in [-0.1, -0.05) is 48.5 Å². The van der Waals surface area contributed by atoms with E-state index in [4.69, 9.17) is 9.84 Å². The first kappa shape index (κ1) is 17.7. The molecule has 1 aliphatic rings. The number of pyridine rings is 1. The molecule has 6 nitrogen and oxygen atoms in total. The van der Waals surface area contributed by atoms with Gasteiger partial charge in [-0.2, -0.15) is 0 Å². The molecule has 0 aliphatic heterocycles. The molecule has 1 aromatic heterocycles. The molecule has 0 saturated carbocycles. The number of hydrogen-bond donors (Lipinski definition) is 2. The van der Waals surface area contributed by atoms with Crippen molar-refractivity contribution in [3.05, 3.63) is 83.3 Å². The summed E-state index contributed by atoms with van der Waals surface area (Å²) in [5.41, 5.74) is 3.70. The molecule has 4 rings (SSSR count). The van der Waals surface area contributed by atoms with E-state index in [1.54, 1.807) is 0 Å². The first-order valence-corrected chi connectivity index (χ1v) is 8.56. The van der Waals surface area contributed by atoms with Gasteiger partial charge in [-0.3, -0.25) is 5.32 Å². The fraction of sp³-hybridized carbons (Fsp3) is 0.0952. The van der Waals surface area contributed by atoms with Crippen LogP contribution in [-0.4, -0.2) is 28.8 Å². The van der Waals surface area contributed by atoms with Crippen molar-refractivity contribution < 1.29 is 23.8 Å². The van der Waals surface area contributed by atoms with E-state index in [1.807, 2.05) is 48.5 Å². The van der Waals surface area contributed by atoms with Crippen molar-refractivity contribution in [3.63, 3.8) is 0 Å².